The number of carboxylic acid groups (broad SMARTS) is 1. The quantitative estimate of drug-likeness (QED) is 0.670. The lowest BCUT2D eigenvalue weighted by Crippen LogP contribution is -1.92. The van der Waals surface area contributed by atoms with Crippen molar-refractivity contribution in [1.29, 1.82) is 0 Å². The topological polar surface area (TPSA) is 37.3 Å². The van der Waals surface area contributed by atoms with E-state index in [1.165, 1.54) is 11.1 Å². The number of aliphatic carboxylic acids is 1. The molecule has 0 saturated heterocycles. The van der Waals surface area contributed by atoms with Crippen molar-refractivity contribution in [1.82, 2.24) is 0 Å². The van der Waals surface area contributed by atoms with E-state index in [2.05, 4.69) is 36.1 Å². The van der Waals surface area contributed by atoms with Gasteiger partial charge in [0.15, 0.2) is 0 Å². The molecule has 0 aromatic heterocycles. The number of carbonyl (C=O) groups is 1. The van der Waals surface area contributed by atoms with E-state index in [9.17, 15) is 4.79 Å². The highest BCUT2D eigenvalue weighted by atomic mass is 16.4. The molecule has 0 bridgehead atoms. The minimum absolute atomic E-state index is 0.182. The molecule has 0 fully saturated rings. The van der Waals surface area contributed by atoms with Gasteiger partial charge in [0, 0.05) is 18.4 Å². The second-order valence-electron chi connectivity index (χ2n) is 4.49. The van der Waals surface area contributed by atoms with Crippen molar-refractivity contribution >= 4 is 5.97 Å². The standard InChI is InChI=1S/C18H16O2/c19-18(20)10-6-1-3-7-15-11-13-17(14-12-15)16-8-4-2-5-9-16/h2,4-5,8-9,11-14H,1,6,10H2,(H,19,20). The van der Waals surface area contributed by atoms with Gasteiger partial charge < -0.3 is 5.11 Å². The summed E-state index contributed by atoms with van der Waals surface area (Å²) in [6.45, 7) is 0. The Labute approximate surface area is 119 Å². The first kappa shape index (κ1) is 13.9. The fourth-order valence-corrected chi connectivity index (χ4v) is 1.87. The Kier molecular flexibility index (Phi) is 4.97. The van der Waals surface area contributed by atoms with Crippen LogP contribution in [0.4, 0.5) is 0 Å². The number of benzene rings is 2. The summed E-state index contributed by atoms with van der Waals surface area (Å²) in [7, 11) is 0. The number of rotatable bonds is 4. The van der Waals surface area contributed by atoms with Gasteiger partial charge in [0.05, 0.1) is 0 Å². The second-order valence-corrected chi connectivity index (χ2v) is 4.49. The van der Waals surface area contributed by atoms with Gasteiger partial charge in [-0.2, -0.15) is 0 Å². The highest BCUT2D eigenvalue weighted by Crippen LogP contribution is 2.18. The molecule has 2 heteroatoms. The molecule has 0 aliphatic heterocycles. The maximum absolute atomic E-state index is 10.4. The fraction of sp³-hybridized carbons (Fsp3) is 0.167. The first-order valence-corrected chi connectivity index (χ1v) is 6.62. The van der Waals surface area contributed by atoms with Gasteiger partial charge in [-0.3, -0.25) is 4.79 Å². The minimum Gasteiger partial charge on any atom is -0.481 e. The minimum atomic E-state index is -0.765. The van der Waals surface area contributed by atoms with Crippen LogP contribution in [0.25, 0.3) is 11.1 Å². The van der Waals surface area contributed by atoms with Crippen molar-refractivity contribution in [3.05, 3.63) is 60.2 Å². The van der Waals surface area contributed by atoms with Crippen LogP contribution in [0.2, 0.25) is 0 Å². The van der Waals surface area contributed by atoms with Crippen molar-refractivity contribution in [2.45, 2.75) is 19.3 Å². The second kappa shape index (κ2) is 7.16. The van der Waals surface area contributed by atoms with Crippen molar-refractivity contribution in [3.8, 4) is 23.0 Å². The van der Waals surface area contributed by atoms with E-state index < -0.39 is 5.97 Å². The molecule has 1 N–H and O–H groups in total. The molecule has 0 heterocycles. The zero-order chi connectivity index (χ0) is 14.2. The molecule has 0 spiro atoms. The summed E-state index contributed by atoms with van der Waals surface area (Å²) in [5.74, 6) is 5.29. The molecule has 2 aromatic rings. The summed E-state index contributed by atoms with van der Waals surface area (Å²) < 4.78 is 0. The monoisotopic (exact) mass is 264 g/mol. The number of carboxylic acids is 1. The molecule has 2 rings (SSSR count). The molecule has 2 aromatic carbocycles. The summed E-state index contributed by atoms with van der Waals surface area (Å²) in [4.78, 5) is 10.4. The Morgan fingerprint density at radius 3 is 2.25 bits per heavy atom. The molecule has 0 saturated carbocycles. The largest absolute Gasteiger partial charge is 0.481 e. The van der Waals surface area contributed by atoms with E-state index in [-0.39, 0.29) is 6.42 Å². The highest BCUT2D eigenvalue weighted by Gasteiger charge is 1.96. The third kappa shape index (κ3) is 4.29. The van der Waals surface area contributed by atoms with Crippen LogP contribution in [0.15, 0.2) is 54.6 Å². The van der Waals surface area contributed by atoms with Gasteiger partial charge in [0.25, 0.3) is 0 Å². The Morgan fingerprint density at radius 1 is 0.950 bits per heavy atom. The fourth-order valence-electron chi connectivity index (χ4n) is 1.87. The van der Waals surface area contributed by atoms with E-state index in [1.807, 2.05) is 30.3 Å². The third-order valence-electron chi connectivity index (χ3n) is 2.92. The van der Waals surface area contributed by atoms with Gasteiger partial charge in [0.1, 0.15) is 0 Å². The van der Waals surface area contributed by atoms with Crippen molar-refractivity contribution in [3.63, 3.8) is 0 Å². The van der Waals surface area contributed by atoms with Crippen molar-refractivity contribution in [2.24, 2.45) is 0 Å². The predicted molar refractivity (Wildman–Crippen MR) is 80.2 cm³/mol. The van der Waals surface area contributed by atoms with Gasteiger partial charge in [-0.1, -0.05) is 54.3 Å². The van der Waals surface area contributed by atoms with Gasteiger partial charge in [-0.05, 0) is 29.7 Å². The predicted octanol–water partition coefficient (Wildman–Crippen LogP) is 3.96. The van der Waals surface area contributed by atoms with Crippen LogP contribution < -0.4 is 0 Å². The lowest BCUT2D eigenvalue weighted by Gasteiger charge is -2.00. The smallest absolute Gasteiger partial charge is 0.303 e. The average molecular weight is 264 g/mol. The van der Waals surface area contributed by atoms with Gasteiger partial charge >= 0.3 is 5.97 Å². The molecule has 0 aliphatic carbocycles. The van der Waals surface area contributed by atoms with E-state index in [0.717, 1.165) is 5.56 Å². The molecule has 0 aliphatic rings. The third-order valence-corrected chi connectivity index (χ3v) is 2.92. The Hall–Kier alpha value is -2.53. The molecule has 0 radical (unpaired) electrons. The molecule has 2 nitrogen and oxygen atoms in total. The van der Waals surface area contributed by atoms with Crippen LogP contribution in [-0.4, -0.2) is 11.1 Å². The summed E-state index contributed by atoms with van der Waals surface area (Å²) in [5, 5.41) is 8.52. The maximum Gasteiger partial charge on any atom is 0.303 e. The van der Waals surface area contributed by atoms with Crippen molar-refractivity contribution < 1.29 is 9.90 Å². The van der Waals surface area contributed by atoms with E-state index in [1.54, 1.807) is 0 Å². The van der Waals surface area contributed by atoms with Gasteiger partial charge in [-0.15, -0.1) is 0 Å². The van der Waals surface area contributed by atoms with Crippen LogP contribution in [0.3, 0.4) is 0 Å². The summed E-state index contributed by atoms with van der Waals surface area (Å²) in [6, 6.07) is 18.3. The SMILES string of the molecule is O=C(O)CCCC#Cc1ccc(-c2ccccc2)cc1. The molecule has 100 valence electrons. The van der Waals surface area contributed by atoms with Gasteiger partial charge in [-0.25, -0.2) is 0 Å². The summed E-state index contributed by atoms with van der Waals surface area (Å²) in [5.41, 5.74) is 3.32. The van der Waals surface area contributed by atoms with Gasteiger partial charge in [0.2, 0.25) is 0 Å². The lowest BCUT2D eigenvalue weighted by molar-refractivity contribution is -0.137. The molecule has 20 heavy (non-hydrogen) atoms. The van der Waals surface area contributed by atoms with E-state index >= 15 is 0 Å². The summed E-state index contributed by atoms with van der Waals surface area (Å²) in [6.07, 6.45) is 1.40. The number of hydrogen-bond acceptors (Lipinski definition) is 1. The van der Waals surface area contributed by atoms with Crippen LogP contribution in [0, 0.1) is 11.8 Å². The van der Waals surface area contributed by atoms with Crippen LogP contribution >= 0.6 is 0 Å². The van der Waals surface area contributed by atoms with E-state index in [4.69, 9.17) is 5.11 Å². The summed E-state index contributed by atoms with van der Waals surface area (Å²) >= 11 is 0. The number of hydrogen-bond donors (Lipinski definition) is 1. The Morgan fingerprint density at radius 2 is 1.60 bits per heavy atom. The molecule has 0 atom stereocenters. The highest BCUT2D eigenvalue weighted by molar-refractivity contribution is 5.66. The van der Waals surface area contributed by atoms with E-state index in [0.29, 0.717) is 12.8 Å². The van der Waals surface area contributed by atoms with Crippen LogP contribution in [0.1, 0.15) is 24.8 Å². The van der Waals surface area contributed by atoms with Crippen LogP contribution in [-0.2, 0) is 4.79 Å². The molecule has 0 amide bonds. The zero-order valence-corrected chi connectivity index (χ0v) is 11.2. The number of unbranched alkanes of at least 4 members (excludes halogenated alkanes) is 1. The molecular weight excluding hydrogens is 248 g/mol. The van der Waals surface area contributed by atoms with Crippen molar-refractivity contribution in [2.75, 3.05) is 0 Å². The Bertz CT molecular complexity index is 616. The first-order valence-electron chi connectivity index (χ1n) is 6.62. The first-order chi connectivity index (χ1) is 9.75. The lowest BCUT2D eigenvalue weighted by atomic mass is 10.0. The molecule has 0 unspecified atom stereocenters. The average Bonchev–Trinajstić information content (AvgIpc) is 2.48. The van der Waals surface area contributed by atoms with Crippen LogP contribution in [0.5, 0.6) is 0 Å². The normalized spacial score (nSPS) is 9.60. The Balaban J connectivity index is 1.95. The maximum atomic E-state index is 10.4. The zero-order valence-electron chi connectivity index (χ0n) is 11.2. The molecular formula is C18H16O2.